The van der Waals surface area contributed by atoms with E-state index in [4.69, 9.17) is 0 Å². The third kappa shape index (κ3) is 11.3. The summed E-state index contributed by atoms with van der Waals surface area (Å²) in [6, 6.07) is 10.3. The number of carbonyl (C=O) groups is 1. The molecule has 0 radical (unpaired) electrons. The van der Waals surface area contributed by atoms with E-state index in [0.717, 1.165) is 18.7 Å². The summed E-state index contributed by atoms with van der Waals surface area (Å²) >= 11 is 1.82. The molecule has 1 aromatic rings. The second-order valence-electron chi connectivity index (χ2n) is 8.02. The summed E-state index contributed by atoms with van der Waals surface area (Å²) in [4.78, 5) is 12.3. The first-order valence-corrected chi connectivity index (χ1v) is 12.6. The number of nitrogens with one attached hydrogen (secondary N) is 2. The smallest absolute Gasteiger partial charge is 0.238 e. The van der Waals surface area contributed by atoms with E-state index in [1.54, 1.807) is 0 Å². The third-order valence-corrected chi connectivity index (χ3v) is 6.80. The van der Waals surface area contributed by atoms with Gasteiger partial charge in [-0.1, -0.05) is 108 Å². The first-order valence-electron chi connectivity index (χ1n) is 11.5. The zero-order chi connectivity index (χ0) is 19.9. The summed E-state index contributed by atoms with van der Waals surface area (Å²) in [5.41, 5.74) is 1.25. The molecule has 1 heterocycles. The van der Waals surface area contributed by atoms with Gasteiger partial charge in [0.05, 0.1) is 11.4 Å². The van der Waals surface area contributed by atoms with E-state index in [-0.39, 0.29) is 29.7 Å². The molecule has 0 bridgehead atoms. The van der Waals surface area contributed by atoms with Crippen molar-refractivity contribution in [3.63, 3.8) is 0 Å². The van der Waals surface area contributed by atoms with Crippen molar-refractivity contribution >= 4 is 30.1 Å². The van der Waals surface area contributed by atoms with Gasteiger partial charge in [-0.15, -0.1) is 24.2 Å². The molecule has 1 fully saturated rings. The number of amides is 1. The number of unbranched alkanes of at least 4 members (excludes halogenated alkanes) is 11. The first kappa shape index (κ1) is 26.3. The lowest BCUT2D eigenvalue weighted by molar-refractivity contribution is -0.122. The lowest BCUT2D eigenvalue weighted by Crippen LogP contribution is -2.42. The maximum absolute atomic E-state index is 12.3. The van der Waals surface area contributed by atoms with Crippen molar-refractivity contribution in [3.8, 4) is 0 Å². The zero-order valence-electron chi connectivity index (χ0n) is 18.2. The molecule has 0 aromatic heterocycles. The monoisotopic (exact) mass is 440 g/mol. The maximum Gasteiger partial charge on any atom is 0.238 e. The fourth-order valence-electron chi connectivity index (χ4n) is 3.74. The topological polar surface area (TPSA) is 41.1 Å². The lowest BCUT2D eigenvalue weighted by Gasteiger charge is -2.13. The van der Waals surface area contributed by atoms with Crippen molar-refractivity contribution in [1.29, 1.82) is 0 Å². The minimum Gasteiger partial charge on any atom is -0.355 e. The van der Waals surface area contributed by atoms with Gasteiger partial charge in [0.15, 0.2) is 0 Å². The summed E-state index contributed by atoms with van der Waals surface area (Å²) in [5.74, 6) is 1.01. The van der Waals surface area contributed by atoms with Crippen LogP contribution in [0, 0.1) is 0 Å². The minimum atomic E-state index is -0.0625. The molecule has 1 aromatic carbocycles. The summed E-state index contributed by atoms with van der Waals surface area (Å²) in [5, 5.41) is 6.81. The van der Waals surface area contributed by atoms with Gasteiger partial charge in [-0.05, 0) is 12.0 Å². The average molecular weight is 441 g/mol. The Morgan fingerprint density at radius 3 is 2.07 bits per heavy atom. The van der Waals surface area contributed by atoms with Crippen molar-refractivity contribution in [1.82, 2.24) is 10.6 Å². The van der Waals surface area contributed by atoms with Crippen LogP contribution in [0.4, 0.5) is 0 Å². The van der Waals surface area contributed by atoms with Crippen LogP contribution in [0.3, 0.4) is 0 Å². The maximum atomic E-state index is 12.3. The van der Waals surface area contributed by atoms with Gasteiger partial charge in [0.2, 0.25) is 5.91 Å². The number of hydrogen-bond acceptors (Lipinski definition) is 3. The highest BCUT2D eigenvalue weighted by Gasteiger charge is 2.30. The molecule has 5 heteroatoms. The van der Waals surface area contributed by atoms with Crippen LogP contribution in [0.2, 0.25) is 0 Å². The van der Waals surface area contributed by atoms with E-state index in [2.05, 4.69) is 41.8 Å². The van der Waals surface area contributed by atoms with Crippen LogP contribution in [0.1, 0.15) is 94.9 Å². The van der Waals surface area contributed by atoms with Crippen LogP contribution in [0.25, 0.3) is 0 Å². The van der Waals surface area contributed by atoms with E-state index >= 15 is 0 Å². The minimum absolute atomic E-state index is 0. The molecular formula is C24H41ClN2OS. The van der Waals surface area contributed by atoms with Gasteiger partial charge >= 0.3 is 0 Å². The molecular weight excluding hydrogens is 400 g/mol. The highest BCUT2D eigenvalue weighted by atomic mass is 35.5. The fourth-order valence-corrected chi connectivity index (χ4v) is 4.99. The Morgan fingerprint density at radius 1 is 0.931 bits per heavy atom. The van der Waals surface area contributed by atoms with Crippen molar-refractivity contribution < 1.29 is 4.79 Å². The van der Waals surface area contributed by atoms with Crippen LogP contribution in [-0.2, 0) is 4.79 Å². The van der Waals surface area contributed by atoms with Gasteiger partial charge in [-0.3, -0.25) is 10.1 Å². The summed E-state index contributed by atoms with van der Waals surface area (Å²) in [6.07, 6.45) is 16.2. The predicted molar refractivity (Wildman–Crippen MR) is 130 cm³/mol. The first-order chi connectivity index (χ1) is 13.8. The molecule has 1 aliphatic rings. The molecule has 1 saturated heterocycles. The molecule has 29 heavy (non-hydrogen) atoms. The van der Waals surface area contributed by atoms with E-state index in [0.29, 0.717) is 0 Å². The van der Waals surface area contributed by atoms with E-state index in [1.807, 2.05) is 17.8 Å². The van der Waals surface area contributed by atoms with Gasteiger partial charge in [-0.25, -0.2) is 0 Å². The van der Waals surface area contributed by atoms with E-state index < -0.39 is 0 Å². The highest BCUT2D eigenvalue weighted by molar-refractivity contribution is 7.99. The molecule has 0 spiro atoms. The Kier molecular flexibility index (Phi) is 15.5. The van der Waals surface area contributed by atoms with Crippen LogP contribution in [-0.4, -0.2) is 24.2 Å². The standard InChI is InChI=1S/C24H40N2OS.ClH/c1-2-3-4-5-6-7-8-9-10-11-12-16-19-25-23(27)22-20-28-24(26-22)21-17-14-13-15-18-21;/h13-15,17-18,22,24,26H,2-12,16,19-20H2,1H3,(H,25,27);1H. The summed E-state index contributed by atoms with van der Waals surface area (Å²) in [7, 11) is 0. The molecule has 3 nitrogen and oxygen atoms in total. The summed E-state index contributed by atoms with van der Waals surface area (Å²) in [6.45, 7) is 3.09. The summed E-state index contributed by atoms with van der Waals surface area (Å²) < 4.78 is 0. The molecule has 0 saturated carbocycles. The quantitative estimate of drug-likeness (QED) is 0.301. The molecule has 2 atom stereocenters. The number of hydrogen-bond donors (Lipinski definition) is 2. The molecule has 2 unspecified atom stereocenters. The van der Waals surface area contributed by atoms with Crippen molar-refractivity contribution in [2.45, 2.75) is 95.4 Å². The molecule has 166 valence electrons. The second kappa shape index (κ2) is 17.0. The Bertz CT molecular complexity index is 529. The van der Waals surface area contributed by atoms with Crippen molar-refractivity contribution in [3.05, 3.63) is 35.9 Å². The third-order valence-electron chi connectivity index (χ3n) is 5.53. The number of benzene rings is 1. The molecule has 1 amide bonds. The number of thioether (sulfide) groups is 1. The second-order valence-corrected chi connectivity index (χ2v) is 9.16. The van der Waals surface area contributed by atoms with Crippen LogP contribution < -0.4 is 10.6 Å². The van der Waals surface area contributed by atoms with Crippen LogP contribution in [0.5, 0.6) is 0 Å². The number of carbonyl (C=O) groups excluding carboxylic acids is 1. The van der Waals surface area contributed by atoms with Gasteiger partial charge < -0.3 is 5.32 Å². The van der Waals surface area contributed by atoms with Gasteiger partial charge in [0.25, 0.3) is 0 Å². The van der Waals surface area contributed by atoms with E-state index in [9.17, 15) is 4.79 Å². The van der Waals surface area contributed by atoms with Gasteiger partial charge in [0, 0.05) is 12.3 Å². The Morgan fingerprint density at radius 2 is 1.48 bits per heavy atom. The Labute approximate surface area is 189 Å². The average Bonchev–Trinajstić information content (AvgIpc) is 3.22. The van der Waals surface area contributed by atoms with Crippen molar-refractivity contribution in [2.75, 3.05) is 12.3 Å². The van der Waals surface area contributed by atoms with Crippen LogP contribution in [0.15, 0.2) is 30.3 Å². The molecule has 1 aliphatic heterocycles. The lowest BCUT2D eigenvalue weighted by atomic mass is 10.1. The van der Waals surface area contributed by atoms with Crippen LogP contribution >= 0.6 is 24.2 Å². The SMILES string of the molecule is CCCCCCCCCCCCCCNC(=O)C1CSC(c2ccccc2)N1.Cl. The molecule has 0 aliphatic carbocycles. The fraction of sp³-hybridized carbons (Fsp3) is 0.708. The number of halogens is 1. The normalized spacial score (nSPS) is 18.4. The van der Waals surface area contributed by atoms with E-state index in [1.165, 1.54) is 76.2 Å². The Balaban J connectivity index is 0.00000420. The molecule has 2 N–H and O–H groups in total. The largest absolute Gasteiger partial charge is 0.355 e. The van der Waals surface area contributed by atoms with Gasteiger partial charge in [-0.2, -0.15) is 0 Å². The predicted octanol–water partition coefficient (Wildman–Crippen LogP) is 6.63. The van der Waals surface area contributed by atoms with Gasteiger partial charge in [0.1, 0.15) is 0 Å². The highest BCUT2D eigenvalue weighted by Crippen LogP contribution is 2.32. The zero-order valence-corrected chi connectivity index (χ0v) is 19.8. The van der Waals surface area contributed by atoms with Crippen molar-refractivity contribution in [2.24, 2.45) is 0 Å². The molecule has 2 rings (SSSR count). The number of rotatable bonds is 15. The Hall–Kier alpha value is -0.710.